The van der Waals surface area contributed by atoms with Crippen molar-refractivity contribution in [2.24, 2.45) is 5.92 Å². The van der Waals surface area contributed by atoms with Crippen molar-refractivity contribution < 1.29 is 9.47 Å². The number of nitrogens with one attached hydrogen (secondary N) is 2. The molecule has 2 N–H and O–H groups in total. The van der Waals surface area contributed by atoms with Gasteiger partial charge in [0.25, 0.3) is 0 Å². The fraction of sp³-hybridized carbons (Fsp3) is 0.667. The summed E-state index contributed by atoms with van der Waals surface area (Å²) < 4.78 is 10.2. The van der Waals surface area contributed by atoms with Gasteiger partial charge in [-0.1, -0.05) is 0 Å². The van der Waals surface area contributed by atoms with Gasteiger partial charge in [-0.25, -0.2) is 0 Å². The Bertz CT molecular complexity index is 358. The summed E-state index contributed by atoms with van der Waals surface area (Å²) in [6.07, 6.45) is 2.37. The number of hydrogen-bond donors (Lipinski definition) is 2. The SMILES string of the molecule is COc1cc(OC)nc(NCCC2CCNC2)n1. The molecule has 6 nitrogen and oxygen atoms in total. The van der Waals surface area contributed by atoms with Crippen LogP contribution < -0.4 is 20.1 Å². The molecule has 1 aliphatic rings. The maximum absolute atomic E-state index is 5.10. The minimum atomic E-state index is 0.506. The molecule has 2 heterocycles. The average Bonchev–Trinajstić information content (AvgIpc) is 2.91. The summed E-state index contributed by atoms with van der Waals surface area (Å²) in [7, 11) is 3.16. The fourth-order valence-electron chi connectivity index (χ4n) is 2.04. The largest absolute Gasteiger partial charge is 0.481 e. The van der Waals surface area contributed by atoms with Gasteiger partial charge in [-0.2, -0.15) is 9.97 Å². The smallest absolute Gasteiger partial charge is 0.229 e. The molecular weight excluding hydrogens is 232 g/mol. The molecule has 18 heavy (non-hydrogen) atoms. The van der Waals surface area contributed by atoms with Crippen molar-refractivity contribution in [3.8, 4) is 11.8 Å². The van der Waals surface area contributed by atoms with Crippen LogP contribution in [0.15, 0.2) is 6.07 Å². The first-order chi connectivity index (χ1) is 8.81. The normalized spacial score (nSPS) is 18.7. The third-order valence-electron chi connectivity index (χ3n) is 3.10. The summed E-state index contributed by atoms with van der Waals surface area (Å²) in [5.74, 6) is 2.32. The fourth-order valence-corrected chi connectivity index (χ4v) is 2.04. The van der Waals surface area contributed by atoms with Crippen LogP contribution in [0, 0.1) is 5.92 Å². The van der Waals surface area contributed by atoms with Crippen LogP contribution >= 0.6 is 0 Å². The molecule has 0 aromatic carbocycles. The van der Waals surface area contributed by atoms with Crippen molar-refractivity contribution in [2.45, 2.75) is 12.8 Å². The first kappa shape index (κ1) is 12.9. The molecule has 1 aliphatic heterocycles. The summed E-state index contributed by atoms with van der Waals surface area (Å²) in [6, 6.07) is 1.66. The van der Waals surface area contributed by atoms with E-state index in [9.17, 15) is 0 Å². The molecule has 0 amide bonds. The van der Waals surface area contributed by atoms with E-state index in [4.69, 9.17) is 9.47 Å². The number of methoxy groups -OCH3 is 2. The van der Waals surface area contributed by atoms with Gasteiger partial charge in [-0.3, -0.25) is 0 Å². The zero-order valence-electron chi connectivity index (χ0n) is 10.9. The Morgan fingerprint density at radius 3 is 2.61 bits per heavy atom. The van der Waals surface area contributed by atoms with Crippen molar-refractivity contribution >= 4 is 5.95 Å². The van der Waals surface area contributed by atoms with Gasteiger partial charge in [-0.15, -0.1) is 0 Å². The predicted molar refractivity (Wildman–Crippen MR) is 69.2 cm³/mol. The molecule has 0 saturated carbocycles. The Kier molecular flexibility index (Phi) is 4.58. The second-order valence-corrected chi connectivity index (χ2v) is 4.35. The third kappa shape index (κ3) is 3.46. The number of nitrogens with zero attached hydrogens (tertiary/aromatic N) is 2. The van der Waals surface area contributed by atoms with E-state index in [0.29, 0.717) is 17.7 Å². The van der Waals surface area contributed by atoms with Gasteiger partial charge in [0.15, 0.2) is 0 Å². The zero-order chi connectivity index (χ0) is 12.8. The van der Waals surface area contributed by atoms with Crippen LogP contribution in [0.3, 0.4) is 0 Å². The van der Waals surface area contributed by atoms with E-state index in [2.05, 4.69) is 20.6 Å². The van der Waals surface area contributed by atoms with Gasteiger partial charge in [0.1, 0.15) is 0 Å². The number of aromatic nitrogens is 2. The van der Waals surface area contributed by atoms with Crippen LogP contribution in [0.4, 0.5) is 5.95 Å². The van der Waals surface area contributed by atoms with E-state index in [1.54, 1.807) is 20.3 Å². The van der Waals surface area contributed by atoms with E-state index in [0.717, 1.165) is 32.0 Å². The third-order valence-corrected chi connectivity index (χ3v) is 3.10. The maximum Gasteiger partial charge on any atom is 0.229 e. The molecule has 0 bridgehead atoms. The lowest BCUT2D eigenvalue weighted by Gasteiger charge is -2.10. The van der Waals surface area contributed by atoms with Gasteiger partial charge in [0.2, 0.25) is 17.7 Å². The van der Waals surface area contributed by atoms with E-state index < -0.39 is 0 Å². The maximum atomic E-state index is 5.10. The van der Waals surface area contributed by atoms with E-state index >= 15 is 0 Å². The highest BCUT2D eigenvalue weighted by Gasteiger charge is 2.14. The average molecular weight is 252 g/mol. The lowest BCUT2D eigenvalue weighted by atomic mass is 10.1. The van der Waals surface area contributed by atoms with Gasteiger partial charge in [0, 0.05) is 6.54 Å². The molecule has 1 atom stereocenters. The molecule has 1 aromatic heterocycles. The van der Waals surface area contributed by atoms with Crippen LogP contribution in [-0.2, 0) is 0 Å². The molecule has 0 radical (unpaired) electrons. The highest BCUT2D eigenvalue weighted by molar-refractivity contribution is 5.33. The molecule has 6 heteroatoms. The highest BCUT2D eigenvalue weighted by atomic mass is 16.5. The minimum Gasteiger partial charge on any atom is -0.481 e. The molecule has 0 spiro atoms. The van der Waals surface area contributed by atoms with E-state index in [-0.39, 0.29) is 0 Å². The first-order valence-electron chi connectivity index (χ1n) is 6.23. The summed E-state index contributed by atoms with van der Waals surface area (Å²) in [5, 5.41) is 6.57. The molecule has 1 aromatic rings. The standard InChI is InChI=1S/C12H20N4O2/c1-17-10-7-11(18-2)16-12(15-10)14-6-4-9-3-5-13-8-9/h7,9,13H,3-6,8H2,1-2H3,(H,14,15,16). The lowest BCUT2D eigenvalue weighted by Crippen LogP contribution is -2.14. The first-order valence-corrected chi connectivity index (χ1v) is 6.23. The van der Waals surface area contributed by atoms with E-state index in [1.807, 2.05) is 0 Å². The van der Waals surface area contributed by atoms with Crippen molar-refractivity contribution in [1.82, 2.24) is 15.3 Å². The molecule has 0 aliphatic carbocycles. The van der Waals surface area contributed by atoms with Gasteiger partial charge in [-0.05, 0) is 31.8 Å². The second-order valence-electron chi connectivity index (χ2n) is 4.35. The van der Waals surface area contributed by atoms with Crippen LogP contribution in [-0.4, -0.2) is 43.8 Å². The molecule has 2 rings (SSSR count). The molecular formula is C12H20N4O2. The molecule has 1 fully saturated rings. The number of ether oxygens (including phenoxy) is 2. The van der Waals surface area contributed by atoms with Gasteiger partial charge in [0.05, 0.1) is 20.3 Å². The minimum absolute atomic E-state index is 0.506. The van der Waals surface area contributed by atoms with Crippen molar-refractivity contribution in [3.63, 3.8) is 0 Å². The van der Waals surface area contributed by atoms with Crippen LogP contribution in [0.1, 0.15) is 12.8 Å². The zero-order valence-corrected chi connectivity index (χ0v) is 10.9. The predicted octanol–water partition coefficient (Wildman–Crippen LogP) is 0.905. The van der Waals surface area contributed by atoms with Crippen LogP contribution in [0.5, 0.6) is 11.8 Å². The molecule has 1 saturated heterocycles. The Balaban J connectivity index is 1.87. The topological polar surface area (TPSA) is 68.3 Å². The Morgan fingerprint density at radius 1 is 1.33 bits per heavy atom. The highest BCUT2D eigenvalue weighted by Crippen LogP contribution is 2.18. The Hall–Kier alpha value is -1.56. The number of rotatable bonds is 6. The summed E-state index contributed by atoms with van der Waals surface area (Å²) >= 11 is 0. The monoisotopic (exact) mass is 252 g/mol. The van der Waals surface area contributed by atoms with Crippen LogP contribution in [0.25, 0.3) is 0 Å². The number of anilines is 1. The van der Waals surface area contributed by atoms with Gasteiger partial charge < -0.3 is 20.1 Å². The Labute approximate surface area is 107 Å². The quantitative estimate of drug-likeness (QED) is 0.784. The van der Waals surface area contributed by atoms with Crippen molar-refractivity contribution in [3.05, 3.63) is 6.07 Å². The summed E-state index contributed by atoms with van der Waals surface area (Å²) in [6.45, 7) is 3.11. The van der Waals surface area contributed by atoms with Gasteiger partial charge >= 0.3 is 0 Å². The van der Waals surface area contributed by atoms with Crippen molar-refractivity contribution in [1.29, 1.82) is 0 Å². The Morgan fingerprint density at radius 2 is 2.06 bits per heavy atom. The number of hydrogen-bond acceptors (Lipinski definition) is 6. The summed E-state index contributed by atoms with van der Waals surface area (Å²) in [5.41, 5.74) is 0. The summed E-state index contributed by atoms with van der Waals surface area (Å²) in [4.78, 5) is 8.45. The van der Waals surface area contributed by atoms with Crippen LogP contribution in [0.2, 0.25) is 0 Å². The molecule has 1 unspecified atom stereocenters. The molecule has 100 valence electrons. The van der Waals surface area contributed by atoms with Crippen molar-refractivity contribution in [2.75, 3.05) is 39.2 Å². The lowest BCUT2D eigenvalue weighted by molar-refractivity contribution is 0.372. The second kappa shape index (κ2) is 6.39. The van der Waals surface area contributed by atoms with E-state index in [1.165, 1.54) is 6.42 Å².